The van der Waals surface area contributed by atoms with E-state index >= 15 is 0 Å². The maximum Gasteiger partial charge on any atom is 0.341 e. The Morgan fingerprint density at radius 1 is 1.33 bits per heavy atom. The molecule has 1 heterocycles. The lowest BCUT2D eigenvalue weighted by atomic mass is 10.2. The second kappa shape index (κ2) is 11.2. The highest BCUT2D eigenvalue weighted by Crippen LogP contribution is 2.32. The van der Waals surface area contributed by atoms with Crippen LogP contribution in [0.15, 0.2) is 5.03 Å². The molecule has 0 aliphatic heterocycles. The number of nitrogens with zero attached hydrogens (tertiary/aromatic N) is 1. The van der Waals surface area contributed by atoms with Gasteiger partial charge in [0.15, 0.2) is 0 Å². The van der Waals surface area contributed by atoms with Gasteiger partial charge in [-0.25, -0.2) is 9.59 Å². The van der Waals surface area contributed by atoms with Gasteiger partial charge in [-0.2, -0.15) is 4.37 Å². The van der Waals surface area contributed by atoms with Gasteiger partial charge in [-0.05, 0) is 23.7 Å². The van der Waals surface area contributed by atoms with Gasteiger partial charge in [-0.1, -0.05) is 26.2 Å². The quantitative estimate of drug-likeness (QED) is 0.294. The van der Waals surface area contributed by atoms with Crippen LogP contribution in [-0.4, -0.2) is 56.7 Å². The number of amides is 2. The van der Waals surface area contributed by atoms with E-state index < -0.39 is 24.7 Å². The summed E-state index contributed by atoms with van der Waals surface area (Å²) >= 11 is 2.27. The van der Waals surface area contributed by atoms with E-state index in [-0.39, 0.29) is 17.1 Å². The number of rotatable bonds is 11. The zero-order valence-corrected chi connectivity index (χ0v) is 15.1. The van der Waals surface area contributed by atoms with Gasteiger partial charge in [0.05, 0.1) is 12.7 Å². The Morgan fingerprint density at radius 2 is 2.08 bits per heavy atom. The van der Waals surface area contributed by atoms with E-state index in [0.29, 0.717) is 5.03 Å². The van der Waals surface area contributed by atoms with Gasteiger partial charge in [0, 0.05) is 6.54 Å². The molecular weight excluding hydrogens is 354 g/mol. The van der Waals surface area contributed by atoms with Crippen molar-refractivity contribution >= 4 is 40.3 Å². The van der Waals surface area contributed by atoms with Crippen molar-refractivity contribution in [2.45, 2.75) is 43.7 Å². The molecule has 1 rings (SSSR count). The Kier molecular flexibility index (Phi) is 9.69. The van der Waals surface area contributed by atoms with Gasteiger partial charge in [0.2, 0.25) is 0 Å². The van der Waals surface area contributed by atoms with Crippen LogP contribution >= 0.6 is 23.3 Å². The Bertz CT molecular complexity index is 538. The van der Waals surface area contributed by atoms with Crippen LogP contribution < -0.4 is 10.6 Å². The lowest BCUT2D eigenvalue weighted by molar-refractivity contribution is 0.0694. The molecule has 8 nitrogen and oxygen atoms in total. The molecule has 1 aromatic rings. The van der Waals surface area contributed by atoms with E-state index in [0.717, 1.165) is 43.0 Å². The third kappa shape index (κ3) is 7.04. The van der Waals surface area contributed by atoms with E-state index in [1.54, 1.807) is 0 Å². The molecule has 0 aromatic carbocycles. The minimum absolute atomic E-state index is 0.0154. The average molecular weight is 377 g/mol. The van der Waals surface area contributed by atoms with Crippen LogP contribution in [0.4, 0.5) is 9.80 Å². The number of nitrogens with one attached hydrogen (secondary N) is 2. The predicted molar refractivity (Wildman–Crippen MR) is 94.1 cm³/mol. The number of aromatic carboxylic acids is 1. The summed E-state index contributed by atoms with van der Waals surface area (Å²) in [6.45, 7) is 1.52. The molecular formula is C14H23N3O5S2. The molecule has 0 spiro atoms. The molecule has 24 heavy (non-hydrogen) atoms. The van der Waals surface area contributed by atoms with Crippen molar-refractivity contribution in [1.82, 2.24) is 9.69 Å². The minimum Gasteiger partial charge on any atom is -0.477 e. The molecule has 10 heteroatoms. The predicted octanol–water partition coefficient (Wildman–Crippen LogP) is 1.99. The van der Waals surface area contributed by atoms with Crippen molar-refractivity contribution in [3.63, 3.8) is 0 Å². The molecule has 1 aromatic heterocycles. The first kappa shape index (κ1) is 20.7. The first-order valence-electron chi connectivity index (χ1n) is 7.69. The lowest BCUT2D eigenvalue weighted by Crippen LogP contribution is -2.36. The van der Waals surface area contributed by atoms with Crippen molar-refractivity contribution in [3.05, 3.63) is 5.56 Å². The van der Waals surface area contributed by atoms with Gasteiger partial charge in [0.25, 0.3) is 0 Å². The van der Waals surface area contributed by atoms with Gasteiger partial charge >= 0.3 is 12.0 Å². The fourth-order valence-corrected chi connectivity index (χ4v) is 3.71. The van der Waals surface area contributed by atoms with Crippen molar-refractivity contribution < 1.29 is 24.9 Å². The molecule has 0 bridgehead atoms. The van der Waals surface area contributed by atoms with Crippen LogP contribution in [0.1, 0.15) is 43.0 Å². The third-order valence-corrected chi connectivity index (χ3v) is 4.99. The fraction of sp³-hybridized carbons (Fsp3) is 0.643. The average Bonchev–Trinajstić information content (AvgIpc) is 2.95. The summed E-state index contributed by atoms with van der Waals surface area (Å²) in [5.74, 6) is -0.372. The summed E-state index contributed by atoms with van der Waals surface area (Å²) in [6.07, 6.45) is 3.30. The molecule has 0 aliphatic carbocycles. The van der Waals surface area contributed by atoms with Crippen LogP contribution in [-0.2, 0) is 0 Å². The lowest BCUT2D eigenvalue weighted by Gasteiger charge is -2.09. The SMILES string of the molecule is CCCCCCSc1nsc(NC(=O)NCC(O)CO)c1C(=O)O. The summed E-state index contributed by atoms with van der Waals surface area (Å²) in [7, 11) is 0. The maximum atomic E-state index is 11.7. The second-order valence-corrected chi connectivity index (χ2v) is 6.93. The highest BCUT2D eigenvalue weighted by molar-refractivity contribution is 7.99. The standard InChI is InChI=1S/C14H23N3O5S2/c1-2-3-4-5-6-23-12-10(13(20)21)11(24-17-12)16-14(22)15-7-9(19)8-18/h9,18-19H,2-8H2,1H3,(H,20,21)(H2,15,16,22). The maximum absolute atomic E-state index is 11.7. The number of aliphatic hydroxyl groups is 2. The van der Waals surface area contributed by atoms with E-state index in [1.165, 1.54) is 11.8 Å². The van der Waals surface area contributed by atoms with Gasteiger partial charge in [-0.3, -0.25) is 5.32 Å². The number of thioether (sulfide) groups is 1. The van der Waals surface area contributed by atoms with Gasteiger partial charge in [0.1, 0.15) is 15.6 Å². The molecule has 2 amide bonds. The number of carbonyl (C=O) groups excluding carboxylic acids is 1. The number of carbonyl (C=O) groups is 2. The van der Waals surface area contributed by atoms with Crippen molar-refractivity contribution in [2.75, 3.05) is 24.2 Å². The second-order valence-electron chi connectivity index (χ2n) is 5.08. The van der Waals surface area contributed by atoms with E-state index in [2.05, 4.69) is 21.9 Å². The minimum atomic E-state index is -1.15. The van der Waals surface area contributed by atoms with E-state index in [1.807, 2.05) is 0 Å². The van der Waals surface area contributed by atoms with Crippen molar-refractivity contribution in [3.8, 4) is 0 Å². The number of aromatic nitrogens is 1. The third-order valence-electron chi connectivity index (χ3n) is 3.05. The molecule has 0 fully saturated rings. The van der Waals surface area contributed by atoms with Crippen molar-refractivity contribution in [2.24, 2.45) is 0 Å². The summed E-state index contributed by atoms with van der Waals surface area (Å²) in [4.78, 5) is 23.2. The molecule has 0 saturated heterocycles. The molecule has 0 aliphatic rings. The Balaban J connectivity index is 2.61. The number of carboxylic acid groups (broad SMARTS) is 1. The largest absolute Gasteiger partial charge is 0.477 e. The van der Waals surface area contributed by atoms with Crippen LogP contribution in [0.3, 0.4) is 0 Å². The van der Waals surface area contributed by atoms with Gasteiger partial charge < -0.3 is 20.6 Å². The molecule has 136 valence electrons. The van der Waals surface area contributed by atoms with E-state index in [4.69, 9.17) is 5.11 Å². The summed E-state index contributed by atoms with van der Waals surface area (Å²) < 4.78 is 4.11. The van der Waals surface area contributed by atoms with Crippen LogP contribution in [0.2, 0.25) is 0 Å². The molecule has 0 radical (unpaired) electrons. The molecule has 5 N–H and O–H groups in total. The number of urea groups is 1. The molecule has 1 atom stereocenters. The molecule has 1 unspecified atom stereocenters. The topological polar surface area (TPSA) is 132 Å². The number of aliphatic hydroxyl groups excluding tert-OH is 2. The number of unbranched alkanes of at least 4 members (excludes halogenated alkanes) is 3. The van der Waals surface area contributed by atoms with Crippen LogP contribution in [0.25, 0.3) is 0 Å². The highest BCUT2D eigenvalue weighted by atomic mass is 32.2. The zero-order valence-electron chi connectivity index (χ0n) is 13.4. The summed E-state index contributed by atoms with van der Waals surface area (Å²) in [5.41, 5.74) is -0.0154. The summed E-state index contributed by atoms with van der Waals surface area (Å²) in [5, 5.41) is 32.5. The number of hydrogen-bond donors (Lipinski definition) is 5. The number of carboxylic acids is 1. The van der Waals surface area contributed by atoms with E-state index in [9.17, 15) is 19.8 Å². The number of hydrogen-bond acceptors (Lipinski definition) is 7. The first-order chi connectivity index (χ1) is 11.5. The smallest absolute Gasteiger partial charge is 0.341 e. The monoisotopic (exact) mass is 377 g/mol. The first-order valence-corrected chi connectivity index (χ1v) is 9.45. The molecule has 0 saturated carbocycles. The van der Waals surface area contributed by atoms with Crippen LogP contribution in [0.5, 0.6) is 0 Å². The Labute approximate surface area is 148 Å². The van der Waals surface area contributed by atoms with Gasteiger partial charge in [-0.15, -0.1) is 11.8 Å². The fourth-order valence-electron chi connectivity index (χ4n) is 1.77. The Morgan fingerprint density at radius 3 is 2.71 bits per heavy atom. The number of anilines is 1. The van der Waals surface area contributed by atoms with Crippen molar-refractivity contribution in [1.29, 1.82) is 0 Å². The zero-order chi connectivity index (χ0) is 17.9. The normalized spacial score (nSPS) is 12.0. The highest BCUT2D eigenvalue weighted by Gasteiger charge is 2.22. The summed E-state index contributed by atoms with van der Waals surface area (Å²) in [6, 6.07) is -0.659. The Hall–Kier alpha value is -1.36. The van der Waals surface area contributed by atoms with Crippen LogP contribution in [0, 0.1) is 0 Å².